The first-order valence-corrected chi connectivity index (χ1v) is 21.2. The van der Waals surface area contributed by atoms with E-state index in [1.54, 1.807) is 0 Å². The Balaban J connectivity index is 0.976. The lowest BCUT2D eigenvalue weighted by Gasteiger charge is -2.28. The van der Waals surface area contributed by atoms with Crippen molar-refractivity contribution in [3.63, 3.8) is 0 Å². The lowest BCUT2D eigenvalue weighted by Crippen LogP contribution is -2.11. The minimum absolute atomic E-state index is 0.902. The van der Waals surface area contributed by atoms with E-state index in [2.05, 4.69) is 229 Å². The molecule has 0 aliphatic carbocycles. The van der Waals surface area contributed by atoms with Gasteiger partial charge in [0.15, 0.2) is 0 Å². The van der Waals surface area contributed by atoms with Crippen LogP contribution in [-0.4, -0.2) is 0 Å². The summed E-state index contributed by atoms with van der Waals surface area (Å²) in [6.45, 7) is 0. The van der Waals surface area contributed by atoms with E-state index >= 15 is 0 Å². The summed E-state index contributed by atoms with van der Waals surface area (Å²) in [5.74, 6) is 0. The predicted octanol–water partition coefficient (Wildman–Crippen LogP) is 17.2. The zero-order valence-electron chi connectivity index (χ0n) is 33.9. The van der Waals surface area contributed by atoms with Crippen LogP contribution < -0.4 is 4.90 Å². The van der Waals surface area contributed by atoms with Crippen molar-refractivity contribution in [3.8, 4) is 44.5 Å². The molecular weight excluding hydrogens is 751 g/mol. The van der Waals surface area contributed by atoms with Crippen LogP contribution >= 0.6 is 0 Å². The maximum absolute atomic E-state index is 6.46. The van der Waals surface area contributed by atoms with Gasteiger partial charge in [-0.1, -0.05) is 188 Å². The molecule has 0 aliphatic rings. The highest BCUT2D eigenvalue weighted by atomic mass is 16.3. The zero-order valence-corrected chi connectivity index (χ0v) is 33.9. The minimum atomic E-state index is 0.902. The monoisotopic (exact) mass is 789 g/mol. The molecule has 11 aromatic carbocycles. The maximum Gasteiger partial charge on any atom is 0.143 e. The second-order valence-corrected chi connectivity index (χ2v) is 16.1. The fourth-order valence-corrected chi connectivity index (χ4v) is 9.43. The third-order valence-corrected chi connectivity index (χ3v) is 12.5. The highest BCUT2D eigenvalue weighted by Gasteiger charge is 2.19. The molecule has 2 nitrogen and oxygen atoms in total. The number of anilines is 3. The summed E-state index contributed by atoms with van der Waals surface area (Å²) >= 11 is 0. The van der Waals surface area contributed by atoms with Crippen LogP contribution in [0.25, 0.3) is 98.8 Å². The molecule has 0 amide bonds. The molecule has 62 heavy (non-hydrogen) atoms. The Morgan fingerprint density at radius 1 is 0.274 bits per heavy atom. The molecule has 0 radical (unpaired) electrons. The molecule has 0 saturated carbocycles. The molecular formula is C60H39NO. The standard InChI is InChI=1S/C60H39NO/c1-3-17-50-41(12-1)14-10-21-52(50)45-15-9-16-46(39-45)54-19-5-7-24-58(54)61(49-35-30-43(31-36-49)55-22-11-23-57-56-20-6-8-25-59(56)62-60(55)57)48-33-28-40(29-34-48)44-32-37-53-47(38-44)27-26-42-13-2-4-18-51(42)53/h1-39H. The van der Waals surface area contributed by atoms with Gasteiger partial charge in [0.1, 0.15) is 11.2 Å². The summed E-state index contributed by atoms with van der Waals surface area (Å²) in [6, 6.07) is 85.5. The molecule has 1 heterocycles. The van der Waals surface area contributed by atoms with Crippen molar-refractivity contribution in [1.82, 2.24) is 0 Å². The fourth-order valence-electron chi connectivity index (χ4n) is 9.43. The Morgan fingerprint density at radius 2 is 0.806 bits per heavy atom. The van der Waals surface area contributed by atoms with Gasteiger partial charge in [-0.05, 0) is 114 Å². The molecule has 0 N–H and O–H groups in total. The van der Waals surface area contributed by atoms with Gasteiger partial charge in [-0.3, -0.25) is 0 Å². The molecule has 0 saturated heterocycles. The Labute approximate surface area is 360 Å². The molecule has 0 bridgehead atoms. The largest absolute Gasteiger partial charge is 0.455 e. The third kappa shape index (κ3) is 6.12. The second kappa shape index (κ2) is 14.8. The van der Waals surface area contributed by atoms with E-state index in [1.165, 1.54) is 54.6 Å². The van der Waals surface area contributed by atoms with Crippen molar-refractivity contribution in [2.75, 3.05) is 4.90 Å². The van der Waals surface area contributed by atoms with E-state index in [4.69, 9.17) is 4.42 Å². The first-order valence-electron chi connectivity index (χ1n) is 21.2. The summed E-state index contributed by atoms with van der Waals surface area (Å²) in [5.41, 5.74) is 14.3. The number of para-hydroxylation sites is 3. The van der Waals surface area contributed by atoms with E-state index < -0.39 is 0 Å². The van der Waals surface area contributed by atoms with Crippen LogP contribution in [0.4, 0.5) is 17.1 Å². The van der Waals surface area contributed by atoms with Gasteiger partial charge in [0.25, 0.3) is 0 Å². The molecule has 0 fully saturated rings. The van der Waals surface area contributed by atoms with Gasteiger partial charge in [0.05, 0.1) is 5.69 Å². The number of hydrogen-bond donors (Lipinski definition) is 0. The van der Waals surface area contributed by atoms with E-state index in [0.717, 1.165) is 61.3 Å². The molecule has 0 atom stereocenters. The molecule has 1 aromatic heterocycles. The first kappa shape index (κ1) is 35.7. The van der Waals surface area contributed by atoms with Gasteiger partial charge in [-0.15, -0.1) is 0 Å². The quantitative estimate of drug-likeness (QED) is 0.150. The van der Waals surface area contributed by atoms with Crippen LogP contribution in [0.5, 0.6) is 0 Å². The predicted molar refractivity (Wildman–Crippen MR) is 263 cm³/mol. The van der Waals surface area contributed by atoms with Gasteiger partial charge >= 0.3 is 0 Å². The van der Waals surface area contributed by atoms with Crippen molar-refractivity contribution in [1.29, 1.82) is 0 Å². The van der Waals surface area contributed by atoms with Gasteiger partial charge in [-0.2, -0.15) is 0 Å². The normalized spacial score (nSPS) is 11.5. The van der Waals surface area contributed by atoms with Crippen LogP contribution in [-0.2, 0) is 0 Å². The summed E-state index contributed by atoms with van der Waals surface area (Å²) < 4.78 is 6.46. The number of fused-ring (bicyclic) bond motifs is 7. The summed E-state index contributed by atoms with van der Waals surface area (Å²) in [5, 5.41) is 9.81. The van der Waals surface area contributed by atoms with Crippen molar-refractivity contribution < 1.29 is 4.42 Å². The first-order chi connectivity index (χ1) is 30.7. The zero-order chi connectivity index (χ0) is 41.0. The molecule has 0 unspecified atom stereocenters. The van der Waals surface area contributed by atoms with Gasteiger partial charge < -0.3 is 9.32 Å². The van der Waals surface area contributed by atoms with Crippen LogP contribution in [0.2, 0.25) is 0 Å². The number of rotatable bonds is 7. The molecule has 0 spiro atoms. The maximum atomic E-state index is 6.46. The van der Waals surface area contributed by atoms with Crippen molar-refractivity contribution in [3.05, 3.63) is 237 Å². The highest BCUT2D eigenvalue weighted by Crippen LogP contribution is 2.44. The number of furan rings is 1. The average Bonchev–Trinajstić information content (AvgIpc) is 3.73. The lowest BCUT2D eigenvalue weighted by molar-refractivity contribution is 0.670. The van der Waals surface area contributed by atoms with Crippen LogP contribution in [0.15, 0.2) is 241 Å². The van der Waals surface area contributed by atoms with Crippen molar-refractivity contribution in [2.45, 2.75) is 0 Å². The van der Waals surface area contributed by atoms with Crippen molar-refractivity contribution in [2.24, 2.45) is 0 Å². The molecule has 12 aromatic rings. The third-order valence-electron chi connectivity index (χ3n) is 12.5. The van der Waals surface area contributed by atoms with E-state index in [1.807, 2.05) is 12.1 Å². The molecule has 0 aliphatic heterocycles. The smallest absolute Gasteiger partial charge is 0.143 e. The summed E-state index contributed by atoms with van der Waals surface area (Å²) in [4.78, 5) is 2.39. The number of nitrogens with zero attached hydrogens (tertiary/aromatic N) is 1. The fraction of sp³-hybridized carbons (Fsp3) is 0. The Kier molecular flexibility index (Phi) is 8.53. The number of benzene rings is 11. The van der Waals surface area contributed by atoms with Crippen LogP contribution in [0, 0.1) is 0 Å². The van der Waals surface area contributed by atoms with Crippen LogP contribution in [0.1, 0.15) is 0 Å². The Morgan fingerprint density at radius 3 is 1.63 bits per heavy atom. The van der Waals surface area contributed by atoms with Gasteiger partial charge in [0, 0.05) is 33.3 Å². The topological polar surface area (TPSA) is 16.4 Å². The summed E-state index contributed by atoms with van der Waals surface area (Å²) in [6.07, 6.45) is 0. The van der Waals surface area contributed by atoms with Crippen molar-refractivity contribution >= 4 is 71.3 Å². The number of hydrogen-bond acceptors (Lipinski definition) is 2. The van der Waals surface area contributed by atoms with Gasteiger partial charge in [-0.25, -0.2) is 0 Å². The minimum Gasteiger partial charge on any atom is -0.455 e. The molecule has 290 valence electrons. The molecule has 12 rings (SSSR count). The molecule has 2 heteroatoms. The van der Waals surface area contributed by atoms with E-state index in [0.29, 0.717) is 0 Å². The Hall–Kier alpha value is -8.20. The van der Waals surface area contributed by atoms with E-state index in [9.17, 15) is 0 Å². The average molecular weight is 790 g/mol. The van der Waals surface area contributed by atoms with E-state index in [-0.39, 0.29) is 0 Å². The SMILES string of the molecule is c1cc(-c2ccccc2N(c2ccc(-c3ccc4c(ccc5ccccc54)c3)cc2)c2ccc(-c3cccc4c3oc3ccccc34)cc2)cc(-c2cccc3ccccc23)c1. The highest BCUT2D eigenvalue weighted by molar-refractivity contribution is 6.10. The lowest BCUT2D eigenvalue weighted by atomic mass is 9.94. The van der Waals surface area contributed by atoms with Gasteiger partial charge in [0.2, 0.25) is 0 Å². The van der Waals surface area contributed by atoms with Crippen LogP contribution in [0.3, 0.4) is 0 Å². The Bertz CT molecular complexity index is 3630. The second-order valence-electron chi connectivity index (χ2n) is 16.1. The summed E-state index contributed by atoms with van der Waals surface area (Å²) in [7, 11) is 0.